The average molecular weight is 227 g/mol. The zero-order valence-corrected chi connectivity index (χ0v) is 8.74. The molecular weight excluding hydrogens is 216 g/mol. The molecule has 0 aliphatic rings. The second kappa shape index (κ2) is 5.43. The molecule has 0 saturated heterocycles. The van der Waals surface area contributed by atoms with Crippen LogP contribution in [-0.2, 0) is 4.79 Å². The molecule has 0 spiro atoms. The number of nitrogens with zero attached hydrogens (tertiary/aromatic N) is 2. The Balaban J connectivity index is 2.62. The van der Waals surface area contributed by atoms with E-state index in [0.29, 0.717) is 12.2 Å². The molecule has 0 bridgehead atoms. The third-order valence-electron chi connectivity index (χ3n) is 1.64. The van der Waals surface area contributed by atoms with Crippen LogP contribution in [0.3, 0.4) is 0 Å². The maximum absolute atomic E-state index is 11.4. The second-order valence-corrected chi connectivity index (χ2v) is 3.23. The lowest BCUT2D eigenvalue weighted by Gasteiger charge is -2.09. The van der Waals surface area contributed by atoms with E-state index in [1.807, 2.05) is 0 Å². The van der Waals surface area contributed by atoms with Gasteiger partial charge in [-0.2, -0.15) is 0 Å². The van der Waals surface area contributed by atoms with Crippen LogP contribution in [0.2, 0.25) is 5.15 Å². The van der Waals surface area contributed by atoms with E-state index in [2.05, 4.69) is 21.9 Å². The fourth-order valence-electron chi connectivity index (χ4n) is 0.907. The summed E-state index contributed by atoms with van der Waals surface area (Å²) < 4.78 is 0. The van der Waals surface area contributed by atoms with Crippen molar-refractivity contribution in [1.82, 2.24) is 9.97 Å². The van der Waals surface area contributed by atoms with Crippen LogP contribution in [0.25, 0.3) is 0 Å². The van der Waals surface area contributed by atoms with Gasteiger partial charge in [-0.25, -0.2) is 9.97 Å². The molecule has 1 heterocycles. The standard InChI is InChI=1S/C9H11ClN4O/c1-2-3-6(11)9(15)14-8-4-7(10)12-5-13-8/h2,4-6H,1,3,11H2,(H,12,13,14,15). The monoisotopic (exact) mass is 226 g/mol. The lowest BCUT2D eigenvalue weighted by Crippen LogP contribution is -2.35. The quantitative estimate of drug-likeness (QED) is 0.592. The van der Waals surface area contributed by atoms with Crippen LogP contribution in [0.5, 0.6) is 0 Å². The van der Waals surface area contributed by atoms with Gasteiger partial charge in [-0.1, -0.05) is 17.7 Å². The lowest BCUT2D eigenvalue weighted by molar-refractivity contribution is -0.117. The van der Waals surface area contributed by atoms with Gasteiger partial charge in [-0.15, -0.1) is 6.58 Å². The molecule has 6 heteroatoms. The fraction of sp³-hybridized carbons (Fsp3) is 0.222. The first-order valence-corrected chi connectivity index (χ1v) is 4.66. The molecule has 0 radical (unpaired) electrons. The molecule has 15 heavy (non-hydrogen) atoms. The summed E-state index contributed by atoms with van der Waals surface area (Å²) in [5.41, 5.74) is 5.55. The van der Waals surface area contributed by atoms with E-state index in [1.54, 1.807) is 6.08 Å². The highest BCUT2D eigenvalue weighted by atomic mass is 35.5. The number of rotatable bonds is 4. The molecule has 0 fully saturated rings. The molecule has 5 nitrogen and oxygen atoms in total. The predicted octanol–water partition coefficient (Wildman–Crippen LogP) is 0.972. The zero-order chi connectivity index (χ0) is 11.3. The van der Waals surface area contributed by atoms with Crippen LogP contribution >= 0.6 is 11.6 Å². The summed E-state index contributed by atoms with van der Waals surface area (Å²) in [7, 11) is 0. The highest BCUT2D eigenvalue weighted by Crippen LogP contribution is 2.08. The van der Waals surface area contributed by atoms with Gasteiger partial charge in [0, 0.05) is 6.07 Å². The molecule has 1 rings (SSSR count). The Morgan fingerprint density at radius 1 is 1.73 bits per heavy atom. The minimum atomic E-state index is -0.628. The summed E-state index contributed by atoms with van der Waals surface area (Å²) in [6.07, 6.45) is 3.25. The van der Waals surface area contributed by atoms with Gasteiger partial charge in [0.15, 0.2) is 0 Å². The number of nitrogens with one attached hydrogen (secondary N) is 1. The maximum Gasteiger partial charge on any atom is 0.242 e. The number of hydrogen-bond donors (Lipinski definition) is 2. The van der Waals surface area contributed by atoms with Crippen molar-refractivity contribution in [2.45, 2.75) is 12.5 Å². The summed E-state index contributed by atoms with van der Waals surface area (Å²) in [4.78, 5) is 18.9. The lowest BCUT2D eigenvalue weighted by atomic mass is 10.2. The van der Waals surface area contributed by atoms with Crippen molar-refractivity contribution in [2.75, 3.05) is 5.32 Å². The Labute approximate surface area is 92.4 Å². The summed E-state index contributed by atoms with van der Waals surface area (Å²) in [6, 6.07) is 0.816. The maximum atomic E-state index is 11.4. The first kappa shape index (κ1) is 11.6. The van der Waals surface area contributed by atoms with Gasteiger partial charge in [0.2, 0.25) is 5.91 Å². The van der Waals surface area contributed by atoms with Crippen LogP contribution < -0.4 is 11.1 Å². The molecule has 3 N–H and O–H groups in total. The van der Waals surface area contributed by atoms with Gasteiger partial charge in [0.25, 0.3) is 0 Å². The van der Waals surface area contributed by atoms with Crippen molar-refractivity contribution in [3.8, 4) is 0 Å². The molecule has 1 atom stereocenters. The first-order valence-electron chi connectivity index (χ1n) is 4.28. The Morgan fingerprint density at radius 3 is 3.07 bits per heavy atom. The van der Waals surface area contributed by atoms with Gasteiger partial charge < -0.3 is 11.1 Å². The van der Waals surface area contributed by atoms with E-state index in [0.717, 1.165) is 0 Å². The molecule has 0 aliphatic carbocycles. The number of halogens is 1. The van der Waals surface area contributed by atoms with Crippen molar-refractivity contribution in [1.29, 1.82) is 0 Å². The molecule has 80 valence electrons. The van der Waals surface area contributed by atoms with Gasteiger partial charge >= 0.3 is 0 Å². The normalized spacial score (nSPS) is 11.9. The van der Waals surface area contributed by atoms with Crippen LogP contribution in [0, 0.1) is 0 Å². The number of carbonyl (C=O) groups excluding carboxylic acids is 1. The van der Waals surface area contributed by atoms with Crippen LogP contribution in [0.1, 0.15) is 6.42 Å². The Morgan fingerprint density at radius 2 is 2.47 bits per heavy atom. The van der Waals surface area contributed by atoms with Crippen molar-refractivity contribution in [3.05, 3.63) is 30.2 Å². The number of anilines is 1. The summed E-state index contributed by atoms with van der Waals surface area (Å²) in [5, 5.41) is 2.78. The van der Waals surface area contributed by atoms with E-state index < -0.39 is 6.04 Å². The number of hydrogen-bond acceptors (Lipinski definition) is 4. The van der Waals surface area contributed by atoms with Gasteiger partial charge in [0.05, 0.1) is 6.04 Å². The highest BCUT2D eigenvalue weighted by molar-refractivity contribution is 6.29. The first-order chi connectivity index (χ1) is 7.13. The van der Waals surface area contributed by atoms with Gasteiger partial charge in [-0.3, -0.25) is 4.79 Å². The molecular formula is C9H11ClN4O. The molecule has 1 unspecified atom stereocenters. The van der Waals surface area contributed by atoms with Crippen LogP contribution in [0.4, 0.5) is 5.82 Å². The van der Waals surface area contributed by atoms with Crippen molar-refractivity contribution >= 4 is 23.3 Å². The summed E-state index contributed by atoms with van der Waals surface area (Å²) in [6.45, 7) is 3.50. The smallest absolute Gasteiger partial charge is 0.242 e. The molecule has 1 aromatic heterocycles. The fourth-order valence-corrected chi connectivity index (χ4v) is 1.05. The number of aromatic nitrogens is 2. The Kier molecular flexibility index (Phi) is 4.20. The SMILES string of the molecule is C=CCC(N)C(=O)Nc1cc(Cl)ncn1. The second-order valence-electron chi connectivity index (χ2n) is 2.85. The third kappa shape index (κ3) is 3.65. The minimum absolute atomic E-state index is 0.262. The number of carbonyl (C=O) groups is 1. The third-order valence-corrected chi connectivity index (χ3v) is 1.85. The van der Waals surface area contributed by atoms with E-state index in [9.17, 15) is 4.79 Å². The zero-order valence-electron chi connectivity index (χ0n) is 7.98. The topological polar surface area (TPSA) is 80.9 Å². The summed E-state index contributed by atoms with van der Waals surface area (Å²) >= 11 is 5.62. The average Bonchev–Trinajstić information content (AvgIpc) is 2.18. The minimum Gasteiger partial charge on any atom is -0.320 e. The van der Waals surface area contributed by atoms with Crippen LogP contribution in [-0.4, -0.2) is 21.9 Å². The van der Waals surface area contributed by atoms with Gasteiger partial charge in [-0.05, 0) is 6.42 Å². The van der Waals surface area contributed by atoms with E-state index in [-0.39, 0.29) is 11.1 Å². The van der Waals surface area contributed by atoms with E-state index in [4.69, 9.17) is 17.3 Å². The number of amides is 1. The Bertz CT molecular complexity index is 369. The Hall–Kier alpha value is -1.46. The van der Waals surface area contributed by atoms with Gasteiger partial charge in [0.1, 0.15) is 17.3 Å². The summed E-state index contributed by atoms with van der Waals surface area (Å²) in [5.74, 6) is 0.00387. The molecule has 1 amide bonds. The van der Waals surface area contributed by atoms with Crippen molar-refractivity contribution in [2.24, 2.45) is 5.73 Å². The molecule has 1 aromatic rings. The molecule has 0 aromatic carbocycles. The highest BCUT2D eigenvalue weighted by Gasteiger charge is 2.12. The van der Waals surface area contributed by atoms with Crippen molar-refractivity contribution in [3.63, 3.8) is 0 Å². The van der Waals surface area contributed by atoms with E-state index in [1.165, 1.54) is 12.4 Å². The molecule has 0 saturated carbocycles. The van der Waals surface area contributed by atoms with Crippen LogP contribution in [0.15, 0.2) is 25.0 Å². The molecule has 0 aliphatic heterocycles. The van der Waals surface area contributed by atoms with E-state index >= 15 is 0 Å². The van der Waals surface area contributed by atoms with Crippen molar-refractivity contribution < 1.29 is 4.79 Å². The largest absolute Gasteiger partial charge is 0.320 e. The number of nitrogens with two attached hydrogens (primary N) is 1. The predicted molar refractivity (Wildman–Crippen MR) is 58.5 cm³/mol.